The van der Waals surface area contributed by atoms with Crippen molar-refractivity contribution in [2.24, 2.45) is 0 Å². The third kappa shape index (κ3) is 2.92. The van der Waals surface area contributed by atoms with E-state index in [1.54, 1.807) is 4.72 Å². The molecular weight excluding hydrogens is 280 g/mol. The third-order valence-electron chi connectivity index (χ3n) is 2.52. The van der Waals surface area contributed by atoms with Crippen molar-refractivity contribution < 1.29 is 22.0 Å². The highest BCUT2D eigenvalue weighted by molar-refractivity contribution is 7.90. The SMILES string of the molecule is Nc1c(F)ccc(S(=O)(=O)NC(=O)NC2CC2)c1F. The molecule has 1 fully saturated rings. The maximum Gasteiger partial charge on any atom is 0.328 e. The van der Waals surface area contributed by atoms with E-state index in [9.17, 15) is 22.0 Å². The van der Waals surface area contributed by atoms with Crippen LogP contribution in [0.1, 0.15) is 12.8 Å². The minimum absolute atomic E-state index is 0.0571. The number of hydrogen-bond donors (Lipinski definition) is 3. The Kier molecular flexibility index (Phi) is 3.31. The maximum atomic E-state index is 13.6. The van der Waals surface area contributed by atoms with Gasteiger partial charge in [0.1, 0.15) is 16.4 Å². The standard InChI is InChI=1S/C10H11F2N3O3S/c11-6-3-4-7(8(12)9(6)13)19(17,18)15-10(16)14-5-1-2-5/h3-5H,1-2,13H2,(H2,14,15,16). The number of nitrogens with two attached hydrogens (primary N) is 1. The molecule has 0 unspecified atom stereocenters. The molecule has 2 amide bonds. The number of nitrogen functional groups attached to an aromatic ring is 1. The Morgan fingerprint density at radius 2 is 1.95 bits per heavy atom. The lowest BCUT2D eigenvalue weighted by Crippen LogP contribution is -2.40. The second-order valence-corrected chi connectivity index (χ2v) is 5.78. The summed E-state index contributed by atoms with van der Waals surface area (Å²) in [4.78, 5) is 10.4. The van der Waals surface area contributed by atoms with Crippen LogP contribution in [0, 0.1) is 11.6 Å². The average Bonchev–Trinajstić information content (AvgIpc) is 3.08. The number of urea groups is 1. The summed E-state index contributed by atoms with van der Waals surface area (Å²) in [6.45, 7) is 0. The number of benzene rings is 1. The van der Waals surface area contributed by atoms with E-state index in [4.69, 9.17) is 5.73 Å². The fourth-order valence-electron chi connectivity index (χ4n) is 1.38. The first-order chi connectivity index (χ1) is 8.81. The van der Waals surface area contributed by atoms with Gasteiger partial charge < -0.3 is 11.1 Å². The molecule has 0 saturated heterocycles. The minimum atomic E-state index is -4.43. The highest BCUT2D eigenvalue weighted by Crippen LogP contribution is 2.23. The molecule has 0 atom stereocenters. The van der Waals surface area contributed by atoms with Gasteiger partial charge in [-0.1, -0.05) is 0 Å². The van der Waals surface area contributed by atoms with Gasteiger partial charge in [-0.2, -0.15) is 0 Å². The Morgan fingerprint density at radius 3 is 2.53 bits per heavy atom. The summed E-state index contributed by atoms with van der Waals surface area (Å²) in [5, 5.41) is 2.37. The zero-order chi connectivity index (χ0) is 14.2. The first-order valence-electron chi connectivity index (χ1n) is 5.38. The van der Waals surface area contributed by atoms with Crippen LogP contribution in [0.25, 0.3) is 0 Å². The van der Waals surface area contributed by atoms with Crippen molar-refractivity contribution in [3.05, 3.63) is 23.8 Å². The summed E-state index contributed by atoms with van der Waals surface area (Å²) in [6, 6.07) is 0.405. The van der Waals surface area contributed by atoms with Crippen molar-refractivity contribution >= 4 is 21.7 Å². The van der Waals surface area contributed by atoms with Crippen LogP contribution in [0.3, 0.4) is 0 Å². The Balaban J connectivity index is 2.23. The summed E-state index contributed by atoms with van der Waals surface area (Å²) in [6.07, 6.45) is 1.54. The largest absolute Gasteiger partial charge is 0.394 e. The first kappa shape index (κ1) is 13.5. The van der Waals surface area contributed by atoms with Crippen LogP contribution in [-0.2, 0) is 10.0 Å². The lowest BCUT2D eigenvalue weighted by atomic mass is 10.3. The van der Waals surface area contributed by atoms with Crippen LogP contribution < -0.4 is 15.8 Å². The lowest BCUT2D eigenvalue weighted by molar-refractivity contribution is 0.245. The average molecular weight is 291 g/mol. The van der Waals surface area contributed by atoms with E-state index in [-0.39, 0.29) is 6.04 Å². The summed E-state index contributed by atoms with van der Waals surface area (Å²) in [5.74, 6) is -2.49. The van der Waals surface area contributed by atoms with Gasteiger partial charge in [0.15, 0.2) is 5.82 Å². The number of nitrogens with one attached hydrogen (secondary N) is 2. The number of rotatable bonds is 3. The fraction of sp³-hybridized carbons (Fsp3) is 0.300. The normalized spacial score (nSPS) is 15.1. The number of sulfonamides is 1. The molecule has 0 heterocycles. The number of hydrogen-bond acceptors (Lipinski definition) is 4. The van der Waals surface area contributed by atoms with E-state index in [1.165, 1.54) is 0 Å². The van der Waals surface area contributed by atoms with Gasteiger partial charge >= 0.3 is 6.03 Å². The third-order valence-corrected chi connectivity index (χ3v) is 3.87. The van der Waals surface area contributed by atoms with Crippen molar-refractivity contribution in [3.8, 4) is 0 Å². The van der Waals surface area contributed by atoms with Crippen LogP contribution in [-0.4, -0.2) is 20.5 Å². The first-order valence-corrected chi connectivity index (χ1v) is 6.86. The van der Waals surface area contributed by atoms with E-state index in [1.807, 2.05) is 0 Å². The van der Waals surface area contributed by atoms with Gasteiger partial charge in [-0.15, -0.1) is 0 Å². The lowest BCUT2D eigenvalue weighted by Gasteiger charge is -2.09. The van der Waals surface area contributed by atoms with Crippen LogP contribution in [0.2, 0.25) is 0 Å². The van der Waals surface area contributed by atoms with Crippen molar-refractivity contribution in [1.29, 1.82) is 0 Å². The van der Waals surface area contributed by atoms with E-state index in [0.717, 1.165) is 12.8 Å². The molecule has 0 aromatic heterocycles. The zero-order valence-electron chi connectivity index (χ0n) is 9.61. The molecule has 0 spiro atoms. The van der Waals surface area contributed by atoms with Crippen molar-refractivity contribution in [2.45, 2.75) is 23.8 Å². The Bertz CT molecular complexity index is 629. The smallest absolute Gasteiger partial charge is 0.328 e. The molecule has 6 nitrogen and oxygen atoms in total. The molecule has 1 aromatic rings. The molecule has 1 aromatic carbocycles. The van der Waals surface area contributed by atoms with E-state index in [0.29, 0.717) is 12.1 Å². The predicted octanol–water partition coefficient (Wildman–Crippen LogP) is 0.697. The van der Waals surface area contributed by atoms with Crippen LogP contribution >= 0.6 is 0 Å². The number of halogens is 2. The second kappa shape index (κ2) is 4.65. The molecule has 0 radical (unpaired) electrons. The summed E-state index contributed by atoms with van der Waals surface area (Å²) in [5.41, 5.74) is 4.15. The molecule has 104 valence electrons. The van der Waals surface area contributed by atoms with Crippen molar-refractivity contribution in [2.75, 3.05) is 5.73 Å². The van der Waals surface area contributed by atoms with Gasteiger partial charge in [-0.05, 0) is 25.0 Å². The molecule has 1 aliphatic rings. The quantitative estimate of drug-likeness (QED) is 0.713. The highest BCUT2D eigenvalue weighted by atomic mass is 32.2. The molecule has 9 heteroatoms. The molecule has 4 N–H and O–H groups in total. The van der Waals surface area contributed by atoms with Gasteiger partial charge in [0.2, 0.25) is 0 Å². The number of carbonyl (C=O) groups excluding carboxylic acids is 1. The Hall–Kier alpha value is -1.90. The van der Waals surface area contributed by atoms with Crippen molar-refractivity contribution in [3.63, 3.8) is 0 Å². The summed E-state index contributed by atoms with van der Waals surface area (Å²) < 4.78 is 51.6. The van der Waals surface area contributed by atoms with Gasteiger partial charge in [-0.25, -0.2) is 26.7 Å². The fourth-order valence-corrected chi connectivity index (χ4v) is 2.38. The molecule has 19 heavy (non-hydrogen) atoms. The van der Waals surface area contributed by atoms with E-state index < -0.39 is 38.3 Å². The molecule has 1 aliphatic carbocycles. The van der Waals surface area contributed by atoms with Crippen LogP contribution in [0.15, 0.2) is 17.0 Å². The number of anilines is 1. The van der Waals surface area contributed by atoms with Gasteiger partial charge in [0.25, 0.3) is 10.0 Å². The highest BCUT2D eigenvalue weighted by Gasteiger charge is 2.28. The second-order valence-electron chi connectivity index (χ2n) is 4.13. The minimum Gasteiger partial charge on any atom is -0.394 e. The summed E-state index contributed by atoms with van der Waals surface area (Å²) in [7, 11) is -4.43. The number of amides is 2. The monoisotopic (exact) mass is 291 g/mol. The van der Waals surface area contributed by atoms with Crippen LogP contribution in [0.4, 0.5) is 19.3 Å². The zero-order valence-corrected chi connectivity index (χ0v) is 10.4. The number of carbonyl (C=O) groups is 1. The van der Waals surface area contributed by atoms with Gasteiger partial charge in [-0.3, -0.25) is 0 Å². The molecule has 1 saturated carbocycles. The van der Waals surface area contributed by atoms with Gasteiger partial charge in [0, 0.05) is 6.04 Å². The van der Waals surface area contributed by atoms with Gasteiger partial charge in [0.05, 0.1) is 0 Å². The topological polar surface area (TPSA) is 101 Å². The van der Waals surface area contributed by atoms with Crippen LogP contribution in [0.5, 0.6) is 0 Å². The molecular formula is C10H11F2N3O3S. The van der Waals surface area contributed by atoms with Crippen molar-refractivity contribution in [1.82, 2.24) is 10.0 Å². The summed E-state index contributed by atoms with van der Waals surface area (Å²) >= 11 is 0. The molecule has 0 bridgehead atoms. The Labute approximate surface area is 108 Å². The van der Waals surface area contributed by atoms with E-state index in [2.05, 4.69) is 5.32 Å². The van der Waals surface area contributed by atoms with E-state index >= 15 is 0 Å². The molecule has 2 rings (SSSR count). The molecule has 0 aliphatic heterocycles. The predicted molar refractivity (Wildman–Crippen MR) is 62.6 cm³/mol. The Morgan fingerprint density at radius 1 is 1.32 bits per heavy atom. The maximum absolute atomic E-state index is 13.6.